The third-order valence-electron chi connectivity index (χ3n) is 5.06. The van der Waals surface area contributed by atoms with Crippen molar-refractivity contribution < 1.29 is 27.2 Å². The Morgan fingerprint density at radius 1 is 1.17 bits per heavy atom. The first-order chi connectivity index (χ1) is 10.9. The van der Waals surface area contributed by atoms with Crippen molar-refractivity contribution in [1.82, 2.24) is 0 Å². The lowest BCUT2D eigenvalue weighted by Crippen LogP contribution is -2.48. The number of benzene rings is 1. The van der Waals surface area contributed by atoms with Crippen LogP contribution in [0.3, 0.4) is 0 Å². The van der Waals surface area contributed by atoms with E-state index in [0.29, 0.717) is 5.46 Å². The Hall–Kier alpha value is -1.05. The average molecular weight is 344 g/mol. The van der Waals surface area contributed by atoms with Gasteiger partial charge in [-0.2, -0.15) is 13.2 Å². The lowest BCUT2D eigenvalue weighted by atomic mass is 9.77. The molecule has 0 N–H and O–H groups in total. The molecule has 0 saturated carbocycles. The zero-order valence-electron chi connectivity index (χ0n) is 15.0. The number of hydrogen-bond acceptors (Lipinski definition) is 3. The summed E-state index contributed by atoms with van der Waals surface area (Å²) in [5, 5.41) is 0. The predicted octanol–water partition coefficient (Wildman–Crippen LogP) is 3.79. The van der Waals surface area contributed by atoms with E-state index in [0.717, 1.165) is 6.07 Å². The molecule has 1 heterocycles. The van der Waals surface area contributed by atoms with Crippen LogP contribution in [0.15, 0.2) is 18.2 Å². The van der Waals surface area contributed by atoms with Gasteiger partial charge in [-0.1, -0.05) is 26.0 Å². The molecule has 0 radical (unpaired) electrons. The number of alkyl halides is 3. The van der Waals surface area contributed by atoms with E-state index < -0.39 is 30.1 Å². The summed E-state index contributed by atoms with van der Waals surface area (Å²) in [5.41, 5.74) is -1.16. The van der Waals surface area contributed by atoms with Gasteiger partial charge in [0, 0.05) is 7.11 Å². The topological polar surface area (TPSA) is 27.7 Å². The summed E-state index contributed by atoms with van der Waals surface area (Å²) in [4.78, 5) is 0. The van der Waals surface area contributed by atoms with Crippen LogP contribution in [0.25, 0.3) is 0 Å². The lowest BCUT2D eigenvalue weighted by molar-refractivity contribution is -0.138. The van der Waals surface area contributed by atoms with Crippen molar-refractivity contribution in [3.63, 3.8) is 0 Å². The van der Waals surface area contributed by atoms with Gasteiger partial charge >= 0.3 is 13.3 Å². The fourth-order valence-electron chi connectivity index (χ4n) is 3.05. The summed E-state index contributed by atoms with van der Waals surface area (Å²) in [5.74, 6) is 0.186. The number of ether oxygens (including phenoxy) is 1. The highest BCUT2D eigenvalue weighted by atomic mass is 19.4. The molecule has 0 aliphatic carbocycles. The molecule has 0 bridgehead atoms. The van der Waals surface area contributed by atoms with Gasteiger partial charge in [0.05, 0.1) is 23.4 Å². The molecule has 1 saturated heterocycles. The first-order valence-electron chi connectivity index (χ1n) is 7.97. The van der Waals surface area contributed by atoms with Gasteiger partial charge in [-0.05, 0) is 43.8 Å². The molecule has 3 nitrogen and oxygen atoms in total. The van der Waals surface area contributed by atoms with Crippen LogP contribution in [0, 0.1) is 5.92 Å². The molecule has 1 aliphatic heterocycles. The standard InChI is InChI=1S/C17H24BF3O3/c1-11(2)16(5)15(3,4)23-18(24-16)13-7-8-14(17(19,20)21)12(9-13)10-22-6/h7-9,11H,10H2,1-6H3. The molecule has 24 heavy (non-hydrogen) atoms. The molecule has 1 unspecified atom stereocenters. The van der Waals surface area contributed by atoms with Crippen molar-refractivity contribution in [2.24, 2.45) is 5.92 Å². The van der Waals surface area contributed by atoms with Crippen LogP contribution in [0.4, 0.5) is 13.2 Å². The molecule has 1 atom stereocenters. The second-order valence-electron chi connectivity index (χ2n) is 7.19. The van der Waals surface area contributed by atoms with Crippen LogP contribution in [0.2, 0.25) is 0 Å². The normalized spacial score (nSPS) is 24.0. The minimum absolute atomic E-state index is 0.0747. The Morgan fingerprint density at radius 2 is 1.79 bits per heavy atom. The second-order valence-corrected chi connectivity index (χ2v) is 7.19. The van der Waals surface area contributed by atoms with Crippen LogP contribution >= 0.6 is 0 Å². The molecule has 134 valence electrons. The average Bonchev–Trinajstić information content (AvgIpc) is 2.69. The molecule has 0 aromatic heterocycles. The van der Waals surface area contributed by atoms with Crippen LogP contribution in [-0.2, 0) is 26.8 Å². The van der Waals surface area contributed by atoms with Crippen molar-refractivity contribution in [2.75, 3.05) is 7.11 Å². The largest absolute Gasteiger partial charge is 0.494 e. The van der Waals surface area contributed by atoms with Crippen LogP contribution < -0.4 is 5.46 Å². The van der Waals surface area contributed by atoms with Crippen LogP contribution in [-0.4, -0.2) is 25.4 Å². The highest BCUT2D eigenvalue weighted by Gasteiger charge is 2.56. The van der Waals surface area contributed by atoms with Crippen LogP contribution in [0.1, 0.15) is 45.7 Å². The van der Waals surface area contributed by atoms with E-state index in [2.05, 4.69) is 0 Å². The number of hydrogen-bond donors (Lipinski definition) is 0. The maximum atomic E-state index is 13.1. The minimum atomic E-state index is -4.42. The maximum Gasteiger partial charge on any atom is 0.494 e. The molecular formula is C17H24BF3O3. The molecule has 1 fully saturated rings. The molecule has 1 aromatic rings. The number of rotatable bonds is 4. The van der Waals surface area contributed by atoms with Gasteiger partial charge < -0.3 is 14.0 Å². The van der Waals surface area contributed by atoms with E-state index in [1.807, 2.05) is 34.6 Å². The zero-order chi connectivity index (χ0) is 18.3. The van der Waals surface area contributed by atoms with Gasteiger partial charge in [-0.15, -0.1) is 0 Å². The number of halogens is 3. The first kappa shape index (κ1) is 19.3. The number of methoxy groups -OCH3 is 1. The molecular weight excluding hydrogens is 320 g/mol. The predicted molar refractivity (Wildman–Crippen MR) is 87.0 cm³/mol. The van der Waals surface area contributed by atoms with E-state index >= 15 is 0 Å². The Bertz CT molecular complexity index is 601. The first-order valence-corrected chi connectivity index (χ1v) is 7.97. The van der Waals surface area contributed by atoms with E-state index in [-0.39, 0.29) is 18.1 Å². The summed E-state index contributed by atoms with van der Waals surface area (Å²) in [6.45, 7) is 9.80. The summed E-state index contributed by atoms with van der Waals surface area (Å²) in [6.07, 6.45) is -4.42. The fraction of sp³-hybridized carbons (Fsp3) is 0.647. The monoisotopic (exact) mass is 344 g/mol. The SMILES string of the molecule is COCc1cc(B2OC(C)(C)C(C)(C(C)C)O2)ccc1C(F)(F)F. The summed E-state index contributed by atoms with van der Waals surface area (Å²) in [7, 11) is 0.666. The third kappa shape index (κ3) is 3.34. The third-order valence-corrected chi connectivity index (χ3v) is 5.06. The van der Waals surface area contributed by atoms with Crippen molar-refractivity contribution in [3.05, 3.63) is 29.3 Å². The van der Waals surface area contributed by atoms with Gasteiger partial charge in [-0.25, -0.2) is 0 Å². The zero-order valence-corrected chi connectivity index (χ0v) is 15.0. The van der Waals surface area contributed by atoms with Crippen molar-refractivity contribution in [3.8, 4) is 0 Å². The van der Waals surface area contributed by atoms with Gasteiger partial charge in [0.2, 0.25) is 0 Å². The van der Waals surface area contributed by atoms with Crippen LogP contribution in [0.5, 0.6) is 0 Å². The van der Waals surface area contributed by atoms with Crippen molar-refractivity contribution >= 4 is 12.6 Å². The second kappa shape index (κ2) is 6.35. The Balaban J connectivity index is 2.39. The van der Waals surface area contributed by atoms with Gasteiger partial charge in [0.25, 0.3) is 0 Å². The summed E-state index contributed by atoms with van der Waals surface area (Å²) < 4.78 is 56.4. The quantitative estimate of drug-likeness (QED) is 0.778. The minimum Gasteiger partial charge on any atom is -0.399 e. The molecule has 1 aromatic carbocycles. The maximum absolute atomic E-state index is 13.1. The van der Waals surface area contributed by atoms with Gasteiger partial charge in [-0.3, -0.25) is 0 Å². The summed E-state index contributed by atoms with van der Waals surface area (Å²) >= 11 is 0. The molecule has 7 heteroatoms. The molecule has 1 aliphatic rings. The van der Waals surface area contributed by atoms with E-state index in [1.165, 1.54) is 19.2 Å². The highest BCUT2D eigenvalue weighted by Crippen LogP contribution is 2.42. The smallest absolute Gasteiger partial charge is 0.399 e. The lowest BCUT2D eigenvalue weighted by Gasteiger charge is -2.39. The van der Waals surface area contributed by atoms with E-state index in [9.17, 15) is 13.2 Å². The van der Waals surface area contributed by atoms with E-state index in [1.54, 1.807) is 0 Å². The van der Waals surface area contributed by atoms with Gasteiger partial charge in [0.1, 0.15) is 0 Å². The highest BCUT2D eigenvalue weighted by molar-refractivity contribution is 6.62. The Morgan fingerprint density at radius 3 is 2.25 bits per heavy atom. The fourth-order valence-corrected chi connectivity index (χ4v) is 3.05. The molecule has 2 rings (SSSR count). The van der Waals surface area contributed by atoms with E-state index in [4.69, 9.17) is 14.0 Å². The van der Waals surface area contributed by atoms with Crippen molar-refractivity contribution in [1.29, 1.82) is 0 Å². The van der Waals surface area contributed by atoms with Crippen molar-refractivity contribution in [2.45, 2.75) is 58.6 Å². The molecule has 0 spiro atoms. The Kier molecular flexibility index (Phi) is 5.10. The molecule has 0 amide bonds. The van der Waals surface area contributed by atoms with Gasteiger partial charge in [0.15, 0.2) is 0 Å². The summed E-state index contributed by atoms with van der Waals surface area (Å²) in [6, 6.07) is 3.93. The Labute approximate surface area is 141 Å².